The third-order valence-corrected chi connectivity index (χ3v) is 3.90. The predicted molar refractivity (Wildman–Crippen MR) is 87.1 cm³/mol. The number of hydrogen-bond acceptors (Lipinski definition) is 4. The standard InChI is InChI=1S/C15H20F3N3O2.ClH/c1-23-21(12-22)10-7-19-5-8-20(9-6-19)14-4-2-3-13(11-14)15(16,17)18;/h2-4,11-12H,5-10H2,1H3;1H. The number of carbonyl (C=O) groups is 1. The van der Waals surface area contributed by atoms with Crippen molar-refractivity contribution >= 4 is 24.5 Å². The van der Waals surface area contributed by atoms with E-state index < -0.39 is 11.7 Å². The fraction of sp³-hybridized carbons (Fsp3) is 0.533. The highest BCUT2D eigenvalue weighted by molar-refractivity contribution is 5.85. The van der Waals surface area contributed by atoms with E-state index >= 15 is 0 Å². The quantitative estimate of drug-likeness (QED) is 0.571. The van der Waals surface area contributed by atoms with Gasteiger partial charge in [-0.2, -0.15) is 13.2 Å². The van der Waals surface area contributed by atoms with Crippen LogP contribution in [-0.2, 0) is 15.8 Å². The maximum absolute atomic E-state index is 12.8. The highest BCUT2D eigenvalue weighted by Gasteiger charge is 2.31. The van der Waals surface area contributed by atoms with Crippen LogP contribution >= 0.6 is 12.4 Å². The van der Waals surface area contributed by atoms with Crippen LogP contribution in [0.25, 0.3) is 0 Å². The number of carbonyl (C=O) groups excluding carboxylic acids is 1. The molecule has 136 valence electrons. The highest BCUT2D eigenvalue weighted by atomic mass is 35.5. The lowest BCUT2D eigenvalue weighted by Gasteiger charge is -2.36. The zero-order valence-electron chi connectivity index (χ0n) is 13.3. The summed E-state index contributed by atoms with van der Waals surface area (Å²) in [5.74, 6) is 0. The zero-order valence-corrected chi connectivity index (χ0v) is 14.1. The number of alkyl halides is 3. The average Bonchev–Trinajstić information content (AvgIpc) is 2.56. The molecule has 1 saturated heterocycles. The molecule has 9 heteroatoms. The Morgan fingerprint density at radius 2 is 1.92 bits per heavy atom. The van der Waals surface area contributed by atoms with E-state index in [1.165, 1.54) is 24.3 Å². The van der Waals surface area contributed by atoms with Crippen molar-refractivity contribution in [3.05, 3.63) is 29.8 Å². The van der Waals surface area contributed by atoms with Crippen molar-refractivity contribution in [2.75, 3.05) is 51.3 Å². The van der Waals surface area contributed by atoms with Gasteiger partial charge in [0.2, 0.25) is 6.41 Å². The minimum Gasteiger partial charge on any atom is -0.369 e. The second-order valence-electron chi connectivity index (χ2n) is 5.31. The first kappa shape index (κ1) is 20.5. The van der Waals surface area contributed by atoms with Gasteiger partial charge < -0.3 is 4.90 Å². The normalized spacial score (nSPS) is 15.8. The molecule has 1 aromatic carbocycles. The van der Waals surface area contributed by atoms with E-state index in [-0.39, 0.29) is 12.4 Å². The van der Waals surface area contributed by atoms with E-state index in [1.807, 2.05) is 4.90 Å². The maximum atomic E-state index is 12.8. The summed E-state index contributed by atoms with van der Waals surface area (Å²) in [6.45, 7) is 3.89. The number of piperazine rings is 1. The third kappa shape index (κ3) is 5.54. The summed E-state index contributed by atoms with van der Waals surface area (Å²) in [6.07, 6.45) is -3.70. The van der Waals surface area contributed by atoms with Gasteiger partial charge in [0.1, 0.15) is 0 Å². The van der Waals surface area contributed by atoms with Gasteiger partial charge in [-0.15, -0.1) is 12.4 Å². The lowest BCUT2D eigenvalue weighted by Crippen LogP contribution is -2.48. The molecule has 1 aliphatic heterocycles. The van der Waals surface area contributed by atoms with Crippen molar-refractivity contribution in [2.45, 2.75) is 6.18 Å². The van der Waals surface area contributed by atoms with Gasteiger partial charge in [0.25, 0.3) is 0 Å². The molecule has 1 aliphatic rings. The molecule has 2 rings (SSSR count). The summed E-state index contributed by atoms with van der Waals surface area (Å²) in [4.78, 5) is 19.6. The van der Waals surface area contributed by atoms with Crippen molar-refractivity contribution in [3.8, 4) is 0 Å². The summed E-state index contributed by atoms with van der Waals surface area (Å²) in [7, 11) is 1.43. The first-order valence-corrected chi connectivity index (χ1v) is 7.34. The molecule has 0 bridgehead atoms. The van der Waals surface area contributed by atoms with Crippen LogP contribution < -0.4 is 4.90 Å². The van der Waals surface area contributed by atoms with Crippen LogP contribution in [0, 0.1) is 0 Å². The first-order chi connectivity index (χ1) is 10.9. The number of nitrogens with zero attached hydrogens (tertiary/aromatic N) is 3. The third-order valence-electron chi connectivity index (χ3n) is 3.90. The van der Waals surface area contributed by atoms with Crippen LogP contribution in [0.2, 0.25) is 0 Å². The van der Waals surface area contributed by atoms with Crippen molar-refractivity contribution in [1.82, 2.24) is 9.96 Å². The van der Waals surface area contributed by atoms with Gasteiger partial charge in [-0.3, -0.25) is 14.5 Å². The summed E-state index contributed by atoms with van der Waals surface area (Å²) >= 11 is 0. The largest absolute Gasteiger partial charge is 0.416 e. The predicted octanol–water partition coefficient (Wildman–Crippen LogP) is 2.27. The minimum absolute atomic E-state index is 0. The van der Waals surface area contributed by atoms with Gasteiger partial charge in [-0.1, -0.05) is 6.07 Å². The molecule has 0 unspecified atom stereocenters. The van der Waals surface area contributed by atoms with Crippen LogP contribution in [0.3, 0.4) is 0 Å². The van der Waals surface area contributed by atoms with E-state index in [0.717, 1.165) is 19.2 Å². The molecular weight excluding hydrogens is 347 g/mol. The molecule has 1 fully saturated rings. The maximum Gasteiger partial charge on any atom is 0.416 e. The summed E-state index contributed by atoms with van der Waals surface area (Å²) in [5.41, 5.74) is -0.0370. The summed E-state index contributed by atoms with van der Waals surface area (Å²) in [5, 5.41) is 1.21. The Labute approximate surface area is 145 Å². The zero-order chi connectivity index (χ0) is 16.9. The number of hydrogen-bond donors (Lipinski definition) is 0. The number of rotatable bonds is 6. The first-order valence-electron chi connectivity index (χ1n) is 7.34. The van der Waals surface area contributed by atoms with E-state index in [1.54, 1.807) is 6.07 Å². The minimum atomic E-state index is -4.32. The van der Waals surface area contributed by atoms with Gasteiger partial charge in [0, 0.05) is 38.4 Å². The van der Waals surface area contributed by atoms with Crippen molar-refractivity contribution in [2.24, 2.45) is 0 Å². The monoisotopic (exact) mass is 367 g/mol. The molecule has 0 saturated carbocycles. The van der Waals surface area contributed by atoms with Crippen LogP contribution in [0.1, 0.15) is 5.56 Å². The van der Waals surface area contributed by atoms with E-state index in [0.29, 0.717) is 38.3 Å². The molecule has 5 nitrogen and oxygen atoms in total. The highest BCUT2D eigenvalue weighted by Crippen LogP contribution is 2.31. The number of amides is 1. The van der Waals surface area contributed by atoms with Crippen molar-refractivity contribution in [1.29, 1.82) is 0 Å². The van der Waals surface area contributed by atoms with Crippen LogP contribution in [-0.4, -0.2) is 62.8 Å². The number of halogens is 4. The molecule has 0 aliphatic carbocycles. The molecule has 24 heavy (non-hydrogen) atoms. The number of hydroxylamine groups is 2. The number of benzene rings is 1. The summed E-state index contributed by atoms with van der Waals surface area (Å²) < 4.78 is 38.3. The average molecular weight is 368 g/mol. The van der Waals surface area contributed by atoms with Gasteiger partial charge in [0.15, 0.2) is 0 Å². The number of anilines is 1. The van der Waals surface area contributed by atoms with E-state index in [4.69, 9.17) is 4.84 Å². The second-order valence-corrected chi connectivity index (χ2v) is 5.31. The Bertz CT molecular complexity index is 523. The van der Waals surface area contributed by atoms with Gasteiger partial charge in [-0.05, 0) is 18.2 Å². The van der Waals surface area contributed by atoms with Gasteiger partial charge in [-0.25, -0.2) is 5.06 Å². The van der Waals surface area contributed by atoms with Gasteiger partial charge in [0.05, 0.1) is 19.2 Å². The molecular formula is C15H21ClF3N3O2. The van der Waals surface area contributed by atoms with Gasteiger partial charge >= 0.3 is 6.18 Å². The van der Waals surface area contributed by atoms with Crippen LogP contribution in [0.4, 0.5) is 18.9 Å². The fourth-order valence-corrected chi connectivity index (χ4v) is 2.54. The smallest absolute Gasteiger partial charge is 0.369 e. The molecule has 0 N–H and O–H groups in total. The molecule has 0 radical (unpaired) electrons. The van der Waals surface area contributed by atoms with Crippen LogP contribution in [0.15, 0.2) is 24.3 Å². The molecule has 0 aromatic heterocycles. The van der Waals surface area contributed by atoms with E-state index in [9.17, 15) is 18.0 Å². The Morgan fingerprint density at radius 3 is 2.46 bits per heavy atom. The lowest BCUT2D eigenvalue weighted by molar-refractivity contribution is -0.161. The van der Waals surface area contributed by atoms with Crippen LogP contribution in [0.5, 0.6) is 0 Å². The van der Waals surface area contributed by atoms with E-state index in [2.05, 4.69) is 4.90 Å². The molecule has 1 amide bonds. The Kier molecular flexibility index (Phi) is 7.78. The van der Waals surface area contributed by atoms with Crippen molar-refractivity contribution < 1.29 is 22.8 Å². The summed E-state index contributed by atoms with van der Waals surface area (Å²) in [6, 6.07) is 5.41. The topological polar surface area (TPSA) is 36.0 Å². The lowest BCUT2D eigenvalue weighted by atomic mass is 10.1. The Hall–Kier alpha value is -1.51. The fourth-order valence-electron chi connectivity index (χ4n) is 2.54. The SMILES string of the molecule is CON(C=O)CCN1CCN(c2cccc(C(F)(F)F)c2)CC1.Cl. The van der Waals surface area contributed by atoms with Crippen molar-refractivity contribution in [3.63, 3.8) is 0 Å². The Morgan fingerprint density at radius 1 is 1.25 bits per heavy atom. The molecule has 1 aromatic rings. The molecule has 1 heterocycles. The Balaban J connectivity index is 0.00000288. The second kappa shape index (κ2) is 9.10. The molecule has 0 atom stereocenters. The molecule has 0 spiro atoms.